The van der Waals surface area contributed by atoms with Crippen molar-refractivity contribution >= 4 is 0 Å². The van der Waals surface area contributed by atoms with Gasteiger partial charge >= 0.3 is 0 Å². The van der Waals surface area contributed by atoms with Crippen LogP contribution in [0.3, 0.4) is 0 Å². The number of aliphatic hydroxyl groups excluding tert-OH is 2. The molecule has 1 unspecified atom stereocenters. The maximum absolute atomic E-state index is 10.6. The molecule has 2 aromatic rings. The highest BCUT2D eigenvalue weighted by molar-refractivity contribution is 5.18. The fraction of sp³-hybridized carbons (Fsp3) is 0.273. The molecule has 132 valence electrons. The molecule has 0 fully saturated rings. The summed E-state index contributed by atoms with van der Waals surface area (Å²) in [6.07, 6.45) is 1.84. The second-order valence-electron chi connectivity index (χ2n) is 6.18. The predicted octanol–water partition coefficient (Wildman–Crippen LogP) is 3.54. The third-order valence-electron chi connectivity index (χ3n) is 4.32. The monoisotopic (exact) mass is 337 g/mol. The molecule has 0 saturated carbocycles. The molecule has 3 atom stereocenters. The zero-order chi connectivity index (χ0) is 18.1. The smallest absolute Gasteiger partial charge is 0.0992 e. The molecule has 0 aliphatic rings. The summed E-state index contributed by atoms with van der Waals surface area (Å²) in [4.78, 5) is 2.18. The lowest BCUT2D eigenvalue weighted by molar-refractivity contribution is -0.0235. The Balaban J connectivity index is 2.28. The van der Waals surface area contributed by atoms with Gasteiger partial charge in [0.25, 0.3) is 0 Å². The molecule has 25 heavy (non-hydrogen) atoms. The molecule has 2 rings (SSSR count). The van der Waals surface area contributed by atoms with Crippen molar-refractivity contribution in [2.24, 2.45) is 0 Å². The van der Waals surface area contributed by atoms with Crippen molar-refractivity contribution in [2.75, 3.05) is 0 Å². The molecule has 2 aromatic carbocycles. The van der Waals surface area contributed by atoms with Gasteiger partial charge in [-0.15, -0.1) is 13.2 Å². The first-order chi connectivity index (χ1) is 12.2. The standard InChI is InChI=1S/C22H27NO2/c1-3-11-20(22(25)21(24)4-2)23(16-18-12-7-5-8-13-18)17-19-14-9-6-10-15-19/h3-10,12-15,20-22,24-25H,1-2,11,16-17H2/t20?,21-,22+/m0/s1. The van der Waals surface area contributed by atoms with Gasteiger partial charge in [-0.25, -0.2) is 0 Å². The van der Waals surface area contributed by atoms with Crippen LogP contribution >= 0.6 is 0 Å². The zero-order valence-electron chi connectivity index (χ0n) is 14.5. The van der Waals surface area contributed by atoms with Crippen LogP contribution in [0.5, 0.6) is 0 Å². The highest BCUT2D eigenvalue weighted by Gasteiger charge is 2.29. The van der Waals surface area contributed by atoms with Crippen LogP contribution in [0.4, 0.5) is 0 Å². The van der Waals surface area contributed by atoms with E-state index in [0.717, 1.165) is 11.1 Å². The molecule has 3 heteroatoms. The first-order valence-corrected chi connectivity index (χ1v) is 8.57. The van der Waals surface area contributed by atoms with Crippen LogP contribution in [0.2, 0.25) is 0 Å². The van der Waals surface area contributed by atoms with Crippen LogP contribution in [0.25, 0.3) is 0 Å². The lowest BCUT2D eigenvalue weighted by atomic mass is 9.98. The van der Waals surface area contributed by atoms with Crippen LogP contribution in [-0.4, -0.2) is 33.4 Å². The molecule has 0 bridgehead atoms. The van der Waals surface area contributed by atoms with Gasteiger partial charge in [-0.1, -0.05) is 72.8 Å². The van der Waals surface area contributed by atoms with E-state index in [9.17, 15) is 10.2 Å². The SMILES string of the molecule is C=CCC([C@@H](O)[C@@H](O)C=C)N(Cc1ccccc1)Cc1ccccc1. The van der Waals surface area contributed by atoms with Crippen molar-refractivity contribution in [3.63, 3.8) is 0 Å². The molecule has 0 aliphatic heterocycles. The van der Waals surface area contributed by atoms with Crippen molar-refractivity contribution in [2.45, 2.75) is 37.8 Å². The second kappa shape index (κ2) is 9.94. The van der Waals surface area contributed by atoms with E-state index in [1.54, 1.807) is 6.08 Å². The van der Waals surface area contributed by atoms with Gasteiger partial charge in [0, 0.05) is 19.1 Å². The highest BCUT2D eigenvalue weighted by Crippen LogP contribution is 2.20. The summed E-state index contributed by atoms with van der Waals surface area (Å²) in [5, 5.41) is 20.7. The third-order valence-corrected chi connectivity index (χ3v) is 4.32. The molecule has 2 N–H and O–H groups in total. The summed E-state index contributed by atoms with van der Waals surface area (Å²) in [5.41, 5.74) is 2.32. The topological polar surface area (TPSA) is 43.7 Å². The number of nitrogens with zero attached hydrogens (tertiary/aromatic N) is 1. The average Bonchev–Trinajstić information content (AvgIpc) is 2.66. The van der Waals surface area contributed by atoms with Crippen LogP contribution in [0.1, 0.15) is 17.5 Å². The summed E-state index contributed by atoms with van der Waals surface area (Å²) < 4.78 is 0. The van der Waals surface area contributed by atoms with Crippen LogP contribution in [0.15, 0.2) is 86.0 Å². The Morgan fingerprint density at radius 2 is 1.32 bits per heavy atom. The van der Waals surface area contributed by atoms with Crippen LogP contribution in [-0.2, 0) is 13.1 Å². The summed E-state index contributed by atoms with van der Waals surface area (Å²) in [7, 11) is 0. The van der Waals surface area contributed by atoms with Gasteiger partial charge in [-0.05, 0) is 17.5 Å². The van der Waals surface area contributed by atoms with Gasteiger partial charge in [-0.2, -0.15) is 0 Å². The normalized spacial score (nSPS) is 14.7. The van der Waals surface area contributed by atoms with Crippen molar-refractivity contribution < 1.29 is 10.2 Å². The molecule has 0 aliphatic carbocycles. The number of aliphatic hydroxyl groups is 2. The predicted molar refractivity (Wildman–Crippen MR) is 103 cm³/mol. The van der Waals surface area contributed by atoms with Gasteiger partial charge in [0.15, 0.2) is 0 Å². The van der Waals surface area contributed by atoms with E-state index in [-0.39, 0.29) is 6.04 Å². The Hall–Kier alpha value is -2.20. The Bertz CT molecular complexity index is 600. The summed E-state index contributed by atoms with van der Waals surface area (Å²) in [6, 6.07) is 20.0. The maximum atomic E-state index is 10.6. The lowest BCUT2D eigenvalue weighted by Gasteiger charge is -2.36. The van der Waals surface area contributed by atoms with E-state index < -0.39 is 12.2 Å². The Morgan fingerprint density at radius 1 is 0.840 bits per heavy atom. The average molecular weight is 337 g/mol. The van der Waals surface area contributed by atoms with Gasteiger partial charge in [-0.3, -0.25) is 4.90 Å². The van der Waals surface area contributed by atoms with Gasteiger partial charge < -0.3 is 10.2 Å². The zero-order valence-corrected chi connectivity index (χ0v) is 14.5. The number of benzene rings is 2. The number of hydrogen-bond acceptors (Lipinski definition) is 3. The fourth-order valence-corrected chi connectivity index (χ4v) is 2.97. The number of rotatable bonds is 10. The molecule has 0 radical (unpaired) electrons. The second-order valence-corrected chi connectivity index (χ2v) is 6.18. The lowest BCUT2D eigenvalue weighted by Crippen LogP contribution is -2.47. The van der Waals surface area contributed by atoms with Gasteiger partial charge in [0.1, 0.15) is 0 Å². The van der Waals surface area contributed by atoms with E-state index in [2.05, 4.69) is 42.3 Å². The highest BCUT2D eigenvalue weighted by atomic mass is 16.3. The van der Waals surface area contributed by atoms with Gasteiger partial charge in [0.05, 0.1) is 12.2 Å². The first-order valence-electron chi connectivity index (χ1n) is 8.57. The van der Waals surface area contributed by atoms with E-state index in [1.165, 1.54) is 6.08 Å². The molecule has 0 spiro atoms. The minimum Gasteiger partial charge on any atom is -0.388 e. The molecular weight excluding hydrogens is 310 g/mol. The third kappa shape index (κ3) is 5.68. The largest absolute Gasteiger partial charge is 0.388 e. The van der Waals surface area contributed by atoms with Crippen molar-refractivity contribution in [3.05, 3.63) is 97.1 Å². The Morgan fingerprint density at radius 3 is 1.72 bits per heavy atom. The van der Waals surface area contributed by atoms with Gasteiger partial charge in [0.2, 0.25) is 0 Å². The van der Waals surface area contributed by atoms with Crippen LogP contribution < -0.4 is 0 Å². The minimum atomic E-state index is -0.973. The van der Waals surface area contributed by atoms with Crippen molar-refractivity contribution in [1.29, 1.82) is 0 Å². The molecular formula is C22H27NO2. The van der Waals surface area contributed by atoms with E-state index >= 15 is 0 Å². The molecule has 3 nitrogen and oxygen atoms in total. The molecule has 0 heterocycles. The maximum Gasteiger partial charge on any atom is 0.0992 e. The molecule has 0 amide bonds. The molecule has 0 saturated heterocycles. The Kier molecular flexibility index (Phi) is 7.61. The minimum absolute atomic E-state index is 0.258. The van der Waals surface area contributed by atoms with Crippen molar-refractivity contribution in [3.8, 4) is 0 Å². The summed E-state index contributed by atoms with van der Waals surface area (Å²) in [5.74, 6) is 0. The van der Waals surface area contributed by atoms with Crippen molar-refractivity contribution in [1.82, 2.24) is 4.90 Å². The molecule has 0 aromatic heterocycles. The summed E-state index contributed by atoms with van der Waals surface area (Å²) in [6.45, 7) is 8.77. The summed E-state index contributed by atoms with van der Waals surface area (Å²) >= 11 is 0. The quantitative estimate of drug-likeness (QED) is 0.652. The van der Waals surface area contributed by atoms with E-state index in [0.29, 0.717) is 19.5 Å². The Labute approximate surface area is 150 Å². The van der Waals surface area contributed by atoms with Crippen LogP contribution in [0, 0.1) is 0 Å². The fourth-order valence-electron chi connectivity index (χ4n) is 2.97. The first kappa shape index (κ1) is 19.1. The van der Waals surface area contributed by atoms with E-state index in [4.69, 9.17) is 0 Å². The number of hydrogen-bond donors (Lipinski definition) is 2. The van der Waals surface area contributed by atoms with E-state index in [1.807, 2.05) is 36.4 Å².